The van der Waals surface area contributed by atoms with Gasteiger partial charge in [-0.3, -0.25) is 14.2 Å². The van der Waals surface area contributed by atoms with E-state index in [-0.39, 0.29) is 28.6 Å². The van der Waals surface area contributed by atoms with E-state index >= 15 is 0 Å². The number of unbranched alkanes of at least 4 members (excludes halogenated alkanes) is 1. The zero-order valence-electron chi connectivity index (χ0n) is 18.9. The van der Waals surface area contributed by atoms with Crippen molar-refractivity contribution in [2.24, 2.45) is 0 Å². The van der Waals surface area contributed by atoms with Gasteiger partial charge in [0, 0.05) is 6.04 Å². The van der Waals surface area contributed by atoms with Gasteiger partial charge in [-0.25, -0.2) is 9.37 Å². The van der Waals surface area contributed by atoms with Gasteiger partial charge in [-0.2, -0.15) is 0 Å². The number of nitrogens with one attached hydrogen (secondary N) is 1. The number of aromatic nitrogens is 2. The quantitative estimate of drug-likeness (QED) is 0.345. The van der Waals surface area contributed by atoms with E-state index in [0.717, 1.165) is 38.5 Å². The number of hydrogen-bond donors (Lipinski definition) is 1. The molecule has 1 heterocycles. The zero-order valence-corrected chi connectivity index (χ0v) is 19.7. The molecule has 1 saturated carbocycles. The Kier molecular flexibility index (Phi) is 7.81. The van der Waals surface area contributed by atoms with E-state index in [2.05, 4.69) is 12.2 Å². The first-order valence-electron chi connectivity index (χ1n) is 11.8. The SMILES string of the molecule is CCCCC(Sc1nc2ccccc2c(=O)n1-c1ccc(F)cc1)C(=O)NC1CCCCC1. The fourth-order valence-electron chi connectivity index (χ4n) is 4.31. The molecule has 2 aromatic carbocycles. The van der Waals surface area contributed by atoms with E-state index in [1.165, 1.54) is 34.9 Å². The van der Waals surface area contributed by atoms with Crippen LogP contribution >= 0.6 is 11.8 Å². The van der Waals surface area contributed by atoms with Crippen molar-refractivity contribution in [3.63, 3.8) is 0 Å². The minimum Gasteiger partial charge on any atom is -0.352 e. The summed E-state index contributed by atoms with van der Waals surface area (Å²) in [4.78, 5) is 31.5. The Morgan fingerprint density at radius 2 is 1.88 bits per heavy atom. The summed E-state index contributed by atoms with van der Waals surface area (Å²) in [7, 11) is 0. The number of carbonyl (C=O) groups is 1. The highest BCUT2D eigenvalue weighted by Gasteiger charge is 2.26. The van der Waals surface area contributed by atoms with Crippen molar-refractivity contribution >= 4 is 28.6 Å². The predicted molar refractivity (Wildman–Crippen MR) is 131 cm³/mol. The summed E-state index contributed by atoms with van der Waals surface area (Å²) in [5.74, 6) is -0.365. The fraction of sp³-hybridized carbons (Fsp3) is 0.423. The molecule has 7 heteroatoms. The van der Waals surface area contributed by atoms with Gasteiger partial charge >= 0.3 is 0 Å². The molecule has 1 aromatic heterocycles. The van der Waals surface area contributed by atoms with Gasteiger partial charge in [0.15, 0.2) is 5.16 Å². The van der Waals surface area contributed by atoms with Crippen LogP contribution in [0.5, 0.6) is 0 Å². The minimum atomic E-state index is -0.373. The number of rotatable bonds is 8. The Balaban J connectivity index is 1.72. The summed E-state index contributed by atoms with van der Waals surface area (Å²) >= 11 is 1.33. The Morgan fingerprint density at radius 3 is 2.61 bits per heavy atom. The molecule has 1 aliphatic rings. The van der Waals surface area contributed by atoms with Crippen molar-refractivity contribution in [1.82, 2.24) is 14.9 Å². The Hall–Kier alpha value is -2.67. The lowest BCUT2D eigenvalue weighted by molar-refractivity contribution is -0.121. The maximum Gasteiger partial charge on any atom is 0.266 e. The summed E-state index contributed by atoms with van der Waals surface area (Å²) in [5.41, 5.74) is 0.894. The Morgan fingerprint density at radius 1 is 1.15 bits per heavy atom. The summed E-state index contributed by atoms with van der Waals surface area (Å²) < 4.78 is 15.1. The lowest BCUT2D eigenvalue weighted by Crippen LogP contribution is -2.41. The molecule has 1 atom stereocenters. The van der Waals surface area contributed by atoms with E-state index in [1.807, 2.05) is 6.07 Å². The smallest absolute Gasteiger partial charge is 0.266 e. The van der Waals surface area contributed by atoms with Crippen LogP contribution in [-0.2, 0) is 4.79 Å². The second-order valence-electron chi connectivity index (χ2n) is 8.62. The highest BCUT2D eigenvalue weighted by molar-refractivity contribution is 8.00. The van der Waals surface area contributed by atoms with Crippen molar-refractivity contribution in [2.45, 2.75) is 74.7 Å². The van der Waals surface area contributed by atoms with Crippen LogP contribution in [0.15, 0.2) is 58.5 Å². The monoisotopic (exact) mass is 467 g/mol. The average molecular weight is 468 g/mol. The number of nitrogens with zero attached hydrogens (tertiary/aromatic N) is 2. The van der Waals surface area contributed by atoms with E-state index in [1.54, 1.807) is 30.3 Å². The Bertz CT molecular complexity index is 1160. The van der Waals surface area contributed by atoms with Gasteiger partial charge in [-0.05, 0) is 55.7 Å². The number of amides is 1. The maximum atomic E-state index is 13.6. The first-order chi connectivity index (χ1) is 16.1. The van der Waals surface area contributed by atoms with Crippen LogP contribution in [0.2, 0.25) is 0 Å². The van der Waals surface area contributed by atoms with E-state index in [0.29, 0.717) is 28.2 Å². The molecule has 1 fully saturated rings. The van der Waals surface area contributed by atoms with Gasteiger partial charge in [0.2, 0.25) is 5.91 Å². The van der Waals surface area contributed by atoms with Crippen LogP contribution in [0.4, 0.5) is 4.39 Å². The van der Waals surface area contributed by atoms with E-state index in [4.69, 9.17) is 4.98 Å². The third-order valence-corrected chi connectivity index (χ3v) is 7.36. The third kappa shape index (κ3) is 5.64. The number of halogens is 1. The molecule has 0 aliphatic heterocycles. The van der Waals surface area contributed by atoms with Gasteiger partial charge in [-0.15, -0.1) is 0 Å². The van der Waals surface area contributed by atoms with Crippen LogP contribution in [0, 0.1) is 5.82 Å². The first kappa shape index (κ1) is 23.5. The number of thioether (sulfide) groups is 1. The summed E-state index contributed by atoms with van der Waals surface area (Å²) in [5, 5.41) is 3.83. The van der Waals surface area contributed by atoms with Gasteiger partial charge in [0.05, 0.1) is 21.8 Å². The zero-order chi connectivity index (χ0) is 23.2. The third-order valence-electron chi connectivity index (χ3n) is 6.14. The Labute approximate surface area is 197 Å². The van der Waals surface area contributed by atoms with Gasteiger partial charge in [0.1, 0.15) is 5.82 Å². The fourth-order valence-corrected chi connectivity index (χ4v) is 5.47. The van der Waals surface area contributed by atoms with E-state index in [9.17, 15) is 14.0 Å². The average Bonchev–Trinajstić information content (AvgIpc) is 2.83. The molecular formula is C26H30FN3O2S. The van der Waals surface area contributed by atoms with Gasteiger partial charge in [-0.1, -0.05) is 62.9 Å². The van der Waals surface area contributed by atoms with Crippen LogP contribution in [0.25, 0.3) is 16.6 Å². The highest BCUT2D eigenvalue weighted by Crippen LogP contribution is 2.29. The van der Waals surface area contributed by atoms with Crippen molar-refractivity contribution in [1.29, 1.82) is 0 Å². The number of hydrogen-bond acceptors (Lipinski definition) is 4. The van der Waals surface area contributed by atoms with Crippen molar-refractivity contribution in [3.8, 4) is 5.69 Å². The molecule has 1 unspecified atom stereocenters. The number of para-hydroxylation sites is 1. The second-order valence-corrected chi connectivity index (χ2v) is 9.79. The molecule has 4 rings (SSSR count). The maximum absolute atomic E-state index is 13.6. The normalized spacial score (nSPS) is 15.5. The van der Waals surface area contributed by atoms with Gasteiger partial charge in [0.25, 0.3) is 5.56 Å². The molecule has 3 aromatic rings. The summed E-state index contributed by atoms with van der Waals surface area (Å²) in [6.07, 6.45) is 8.14. The predicted octanol–water partition coefficient (Wildman–Crippen LogP) is 5.62. The molecule has 5 nitrogen and oxygen atoms in total. The minimum absolute atomic E-state index is 0.00779. The molecule has 1 aliphatic carbocycles. The van der Waals surface area contributed by atoms with Gasteiger partial charge < -0.3 is 5.32 Å². The number of carbonyl (C=O) groups excluding carboxylic acids is 1. The largest absolute Gasteiger partial charge is 0.352 e. The van der Waals surface area contributed by atoms with E-state index < -0.39 is 0 Å². The lowest BCUT2D eigenvalue weighted by Gasteiger charge is -2.25. The molecule has 1 amide bonds. The molecule has 1 N–H and O–H groups in total. The molecule has 0 spiro atoms. The number of benzene rings is 2. The van der Waals surface area contributed by atoms with Crippen LogP contribution in [0.1, 0.15) is 58.3 Å². The first-order valence-corrected chi connectivity index (χ1v) is 12.7. The summed E-state index contributed by atoms with van der Waals surface area (Å²) in [6, 6.07) is 13.2. The molecule has 0 saturated heterocycles. The van der Waals surface area contributed by atoms with Crippen LogP contribution < -0.4 is 10.9 Å². The van der Waals surface area contributed by atoms with Crippen molar-refractivity contribution in [3.05, 3.63) is 64.7 Å². The summed E-state index contributed by atoms with van der Waals surface area (Å²) in [6.45, 7) is 2.10. The van der Waals surface area contributed by atoms with Crippen molar-refractivity contribution in [2.75, 3.05) is 0 Å². The van der Waals surface area contributed by atoms with Crippen molar-refractivity contribution < 1.29 is 9.18 Å². The number of fused-ring (bicyclic) bond motifs is 1. The molecule has 33 heavy (non-hydrogen) atoms. The highest BCUT2D eigenvalue weighted by atomic mass is 32.2. The topological polar surface area (TPSA) is 64.0 Å². The van der Waals surface area contributed by atoms with Crippen LogP contribution in [-0.4, -0.2) is 26.8 Å². The lowest BCUT2D eigenvalue weighted by atomic mass is 9.95. The standard InChI is InChI=1S/C26H30FN3O2S/c1-2-3-13-23(24(31)28-19-9-5-4-6-10-19)33-26-29-22-12-8-7-11-21(22)25(32)30(26)20-16-14-18(27)15-17-20/h7-8,11-12,14-17,19,23H,2-6,9-10,13H2,1H3,(H,28,31). The van der Waals surface area contributed by atoms with Crippen LogP contribution in [0.3, 0.4) is 0 Å². The molecule has 0 bridgehead atoms. The molecular weight excluding hydrogens is 437 g/mol. The second kappa shape index (κ2) is 11.0. The molecule has 0 radical (unpaired) electrons. The molecule has 174 valence electrons.